The molecule has 3 heterocycles. The van der Waals surface area contributed by atoms with E-state index in [9.17, 15) is 4.79 Å². The van der Waals surface area contributed by atoms with Gasteiger partial charge in [-0.05, 0) is 55.2 Å². The Balaban J connectivity index is 1.49. The molecule has 0 spiro atoms. The molecule has 0 saturated carbocycles. The average Bonchev–Trinajstić information content (AvgIpc) is 2.97. The van der Waals surface area contributed by atoms with E-state index in [1.807, 2.05) is 12.1 Å². The van der Waals surface area contributed by atoms with E-state index < -0.39 is 0 Å². The summed E-state index contributed by atoms with van der Waals surface area (Å²) in [5, 5.41) is 3.05. The molecule has 4 rings (SSSR count). The van der Waals surface area contributed by atoms with Crippen molar-refractivity contribution >= 4 is 11.6 Å². The van der Waals surface area contributed by atoms with Crippen molar-refractivity contribution in [3.63, 3.8) is 0 Å². The number of aryl methyl sites for hydroxylation is 2. The van der Waals surface area contributed by atoms with Crippen LogP contribution >= 0.6 is 0 Å². The van der Waals surface area contributed by atoms with Gasteiger partial charge in [0.15, 0.2) is 0 Å². The van der Waals surface area contributed by atoms with Crippen molar-refractivity contribution in [2.75, 3.05) is 0 Å². The van der Waals surface area contributed by atoms with Gasteiger partial charge >= 0.3 is 0 Å². The fourth-order valence-corrected chi connectivity index (χ4v) is 3.37. The van der Waals surface area contributed by atoms with E-state index in [4.69, 9.17) is 4.98 Å². The Bertz CT molecular complexity index is 885. The Kier molecular flexibility index (Phi) is 3.76. The Morgan fingerprint density at radius 2 is 2.17 bits per heavy atom. The predicted octanol–water partition coefficient (Wildman–Crippen LogP) is 2.46. The summed E-state index contributed by atoms with van der Waals surface area (Å²) < 4.78 is 2.13. The van der Waals surface area contributed by atoms with Crippen molar-refractivity contribution in [1.29, 1.82) is 0 Å². The van der Waals surface area contributed by atoms with Crippen LogP contribution in [0, 0.1) is 12.8 Å². The summed E-state index contributed by atoms with van der Waals surface area (Å²) >= 11 is 0. The van der Waals surface area contributed by atoms with Crippen LogP contribution in [0.15, 0.2) is 42.9 Å². The predicted molar refractivity (Wildman–Crippen MR) is 91.5 cm³/mol. The smallest absolute Gasteiger partial charge is 0.223 e. The van der Waals surface area contributed by atoms with Crippen LogP contribution in [0.4, 0.5) is 0 Å². The molecule has 5 heteroatoms. The molecule has 1 atom stereocenters. The second-order valence-electron chi connectivity index (χ2n) is 6.45. The second-order valence-corrected chi connectivity index (χ2v) is 6.45. The molecule has 0 saturated heterocycles. The zero-order valence-electron chi connectivity index (χ0n) is 13.7. The number of hydrogen-bond acceptors (Lipinski definition) is 3. The summed E-state index contributed by atoms with van der Waals surface area (Å²) in [4.78, 5) is 21.3. The highest BCUT2D eigenvalue weighted by molar-refractivity contribution is 5.79. The van der Waals surface area contributed by atoms with Crippen LogP contribution in [-0.4, -0.2) is 20.3 Å². The van der Waals surface area contributed by atoms with Crippen LogP contribution in [0.5, 0.6) is 0 Å². The van der Waals surface area contributed by atoms with Crippen LogP contribution in [0.1, 0.15) is 28.9 Å². The first kappa shape index (κ1) is 14.9. The minimum atomic E-state index is 0.0144. The number of rotatable bonds is 3. The number of amides is 1. The number of pyridine rings is 2. The third-order valence-corrected chi connectivity index (χ3v) is 4.72. The minimum Gasteiger partial charge on any atom is -0.352 e. The van der Waals surface area contributed by atoms with Gasteiger partial charge in [-0.3, -0.25) is 9.78 Å². The lowest BCUT2D eigenvalue weighted by Gasteiger charge is -2.21. The summed E-state index contributed by atoms with van der Waals surface area (Å²) in [5.74, 6) is 0.139. The molecule has 1 N–H and O–H groups in total. The third kappa shape index (κ3) is 2.77. The number of imidazole rings is 1. The number of aromatic nitrogens is 3. The molecule has 3 aromatic heterocycles. The number of nitrogens with zero attached hydrogens (tertiary/aromatic N) is 3. The van der Waals surface area contributed by atoms with Crippen molar-refractivity contribution in [3.05, 3.63) is 65.4 Å². The Hall–Kier alpha value is -2.69. The molecule has 1 aliphatic rings. The van der Waals surface area contributed by atoms with E-state index in [0.29, 0.717) is 6.54 Å². The molecule has 0 fully saturated rings. The normalized spacial score (nSPS) is 16.8. The molecule has 122 valence electrons. The van der Waals surface area contributed by atoms with Crippen molar-refractivity contribution in [2.45, 2.75) is 32.7 Å². The maximum Gasteiger partial charge on any atom is 0.223 e. The fraction of sp³-hybridized carbons (Fsp3) is 0.316. The van der Waals surface area contributed by atoms with Gasteiger partial charge in [0.2, 0.25) is 5.91 Å². The van der Waals surface area contributed by atoms with Gasteiger partial charge in [0.25, 0.3) is 0 Å². The van der Waals surface area contributed by atoms with Gasteiger partial charge in [0.1, 0.15) is 5.65 Å². The van der Waals surface area contributed by atoms with Crippen molar-refractivity contribution < 1.29 is 4.79 Å². The van der Waals surface area contributed by atoms with Crippen LogP contribution < -0.4 is 5.32 Å². The largest absolute Gasteiger partial charge is 0.352 e. The first-order chi connectivity index (χ1) is 11.7. The Morgan fingerprint density at radius 3 is 3.00 bits per heavy atom. The highest BCUT2D eigenvalue weighted by Gasteiger charge is 2.27. The van der Waals surface area contributed by atoms with E-state index in [0.717, 1.165) is 36.2 Å². The second kappa shape index (κ2) is 6.07. The highest BCUT2D eigenvalue weighted by Crippen LogP contribution is 2.27. The van der Waals surface area contributed by atoms with Gasteiger partial charge < -0.3 is 9.72 Å². The number of hydrogen-bond donors (Lipinski definition) is 1. The summed E-state index contributed by atoms with van der Waals surface area (Å²) in [6, 6.07) is 8.02. The molecule has 3 aromatic rings. The number of carbonyl (C=O) groups is 1. The lowest BCUT2D eigenvalue weighted by Crippen LogP contribution is -2.34. The first-order valence-electron chi connectivity index (χ1n) is 8.34. The van der Waals surface area contributed by atoms with Crippen LogP contribution in [0.2, 0.25) is 0 Å². The van der Waals surface area contributed by atoms with Gasteiger partial charge in [-0.2, -0.15) is 0 Å². The summed E-state index contributed by atoms with van der Waals surface area (Å²) in [6.45, 7) is 2.63. The van der Waals surface area contributed by atoms with Gasteiger partial charge in [-0.25, -0.2) is 4.98 Å². The zero-order chi connectivity index (χ0) is 16.5. The summed E-state index contributed by atoms with van der Waals surface area (Å²) in [5.41, 5.74) is 5.58. The number of carbonyl (C=O) groups excluding carboxylic acids is 1. The van der Waals surface area contributed by atoms with E-state index in [1.165, 1.54) is 11.3 Å². The summed E-state index contributed by atoms with van der Waals surface area (Å²) in [6.07, 6.45) is 8.03. The van der Waals surface area contributed by atoms with Crippen LogP contribution in [0.3, 0.4) is 0 Å². The molecule has 1 amide bonds. The van der Waals surface area contributed by atoms with E-state index in [2.05, 4.69) is 40.0 Å². The molecule has 24 heavy (non-hydrogen) atoms. The fourth-order valence-electron chi connectivity index (χ4n) is 3.37. The molecule has 5 nitrogen and oxygen atoms in total. The zero-order valence-corrected chi connectivity index (χ0v) is 13.7. The number of nitrogens with one attached hydrogen (secondary N) is 1. The maximum absolute atomic E-state index is 12.5. The van der Waals surface area contributed by atoms with Gasteiger partial charge in [-0.1, -0.05) is 0 Å². The van der Waals surface area contributed by atoms with Gasteiger partial charge in [-0.15, -0.1) is 0 Å². The van der Waals surface area contributed by atoms with Crippen LogP contribution in [-0.2, 0) is 24.2 Å². The van der Waals surface area contributed by atoms with E-state index in [1.54, 1.807) is 12.4 Å². The molecule has 0 aromatic carbocycles. The van der Waals surface area contributed by atoms with Gasteiger partial charge in [0, 0.05) is 43.2 Å². The Morgan fingerprint density at radius 1 is 1.33 bits per heavy atom. The molecule has 0 aliphatic heterocycles. The van der Waals surface area contributed by atoms with Crippen molar-refractivity contribution in [3.8, 4) is 0 Å². The van der Waals surface area contributed by atoms with Crippen molar-refractivity contribution in [2.24, 2.45) is 5.92 Å². The lowest BCUT2D eigenvalue weighted by atomic mass is 9.89. The first-order valence-corrected chi connectivity index (χ1v) is 8.34. The number of fused-ring (bicyclic) bond motifs is 3. The highest BCUT2D eigenvalue weighted by atomic mass is 16.1. The summed E-state index contributed by atoms with van der Waals surface area (Å²) in [7, 11) is 0. The van der Waals surface area contributed by atoms with E-state index in [-0.39, 0.29) is 11.8 Å². The molecule has 1 aliphatic carbocycles. The average molecular weight is 320 g/mol. The van der Waals surface area contributed by atoms with Gasteiger partial charge in [0.05, 0.1) is 5.69 Å². The maximum atomic E-state index is 12.5. The minimum absolute atomic E-state index is 0.0144. The lowest BCUT2D eigenvalue weighted by molar-refractivity contribution is -0.125. The molecular formula is C19H20N4O. The monoisotopic (exact) mass is 320 g/mol. The SMILES string of the molecule is Cc1ccn2c3c(nc2c1)CCC(C(=O)NCc1ccncc1)C3. The third-order valence-electron chi connectivity index (χ3n) is 4.72. The Labute approximate surface area is 140 Å². The molecular weight excluding hydrogens is 300 g/mol. The standard InChI is InChI=1S/C19H20N4O/c1-13-6-9-23-17-11-15(2-3-16(17)22-18(23)10-13)19(24)21-12-14-4-7-20-8-5-14/h4-10,15H,2-3,11-12H2,1H3,(H,21,24). The van der Waals surface area contributed by atoms with Crippen LogP contribution in [0.25, 0.3) is 5.65 Å². The topological polar surface area (TPSA) is 59.3 Å². The quantitative estimate of drug-likeness (QED) is 0.806. The molecule has 0 bridgehead atoms. The van der Waals surface area contributed by atoms with Crippen molar-refractivity contribution in [1.82, 2.24) is 19.7 Å². The van der Waals surface area contributed by atoms with E-state index >= 15 is 0 Å². The molecule has 1 unspecified atom stereocenters. The molecule has 0 radical (unpaired) electrons.